The van der Waals surface area contributed by atoms with Crippen molar-refractivity contribution in [3.8, 4) is 17.1 Å². The second-order valence-electron chi connectivity index (χ2n) is 7.14. The van der Waals surface area contributed by atoms with Crippen LogP contribution in [0.1, 0.15) is 5.56 Å². The van der Waals surface area contributed by atoms with Crippen LogP contribution < -0.4 is 21.1 Å². The molecule has 0 spiro atoms. The number of hydrogen-bond acceptors (Lipinski definition) is 9. The van der Waals surface area contributed by atoms with Gasteiger partial charge in [0.2, 0.25) is 11.9 Å². The van der Waals surface area contributed by atoms with Crippen molar-refractivity contribution in [2.75, 3.05) is 63.8 Å². The van der Waals surface area contributed by atoms with Gasteiger partial charge in [0.1, 0.15) is 5.75 Å². The van der Waals surface area contributed by atoms with Crippen LogP contribution in [0.15, 0.2) is 54.6 Å². The summed E-state index contributed by atoms with van der Waals surface area (Å²) >= 11 is 0. The molecule has 9 heteroatoms. The number of hydrogen-bond donors (Lipinski definition) is 3. The van der Waals surface area contributed by atoms with Crippen LogP contribution in [0.2, 0.25) is 0 Å². The summed E-state index contributed by atoms with van der Waals surface area (Å²) in [5, 5.41) is 6.53. The summed E-state index contributed by atoms with van der Waals surface area (Å²) < 4.78 is 16.1. The van der Waals surface area contributed by atoms with Crippen LogP contribution in [0.5, 0.6) is 5.75 Å². The van der Waals surface area contributed by atoms with E-state index in [1.807, 2.05) is 42.5 Å². The number of ether oxygens (including phenoxy) is 3. The predicted molar refractivity (Wildman–Crippen MR) is 130 cm³/mol. The lowest BCUT2D eigenvalue weighted by Crippen LogP contribution is -2.17. The number of benzene rings is 2. The van der Waals surface area contributed by atoms with Crippen molar-refractivity contribution in [1.29, 1.82) is 0 Å². The van der Waals surface area contributed by atoms with Gasteiger partial charge in [-0.3, -0.25) is 0 Å². The van der Waals surface area contributed by atoms with E-state index in [9.17, 15) is 0 Å². The van der Waals surface area contributed by atoms with Crippen LogP contribution >= 0.6 is 0 Å². The molecule has 0 fully saturated rings. The van der Waals surface area contributed by atoms with Crippen molar-refractivity contribution in [3.05, 3.63) is 60.2 Å². The second kappa shape index (κ2) is 14.0. The molecule has 0 aliphatic rings. The van der Waals surface area contributed by atoms with Gasteiger partial charge in [0.05, 0.1) is 33.5 Å². The Balaban J connectivity index is 1.56. The van der Waals surface area contributed by atoms with Gasteiger partial charge in [-0.1, -0.05) is 42.5 Å². The molecule has 0 bridgehead atoms. The lowest BCUT2D eigenvalue weighted by Gasteiger charge is -2.11. The summed E-state index contributed by atoms with van der Waals surface area (Å²) in [6.07, 6.45) is 0.833. The highest BCUT2D eigenvalue weighted by Gasteiger charge is 2.08. The standard InChI is InChI=1S/C24H32N6O3/c1-31-21-9-7-19(8-10-21)11-13-26-23-28-22(20-5-3-2-4-6-20)29-24(30-23)27-14-16-33-18-17-32-15-12-25/h2-10H,11-18,25H2,1H3,(H2,26,27,28,29,30). The first-order valence-electron chi connectivity index (χ1n) is 11.1. The fourth-order valence-electron chi connectivity index (χ4n) is 3.00. The van der Waals surface area contributed by atoms with Gasteiger partial charge in [-0.15, -0.1) is 0 Å². The van der Waals surface area contributed by atoms with E-state index in [1.165, 1.54) is 5.56 Å². The molecule has 2 aromatic carbocycles. The fraction of sp³-hybridized carbons (Fsp3) is 0.375. The molecular weight excluding hydrogens is 420 g/mol. The van der Waals surface area contributed by atoms with Crippen LogP contribution in [0.25, 0.3) is 11.4 Å². The monoisotopic (exact) mass is 452 g/mol. The molecular formula is C24H32N6O3. The van der Waals surface area contributed by atoms with Gasteiger partial charge in [0, 0.05) is 25.2 Å². The molecule has 0 radical (unpaired) electrons. The van der Waals surface area contributed by atoms with Gasteiger partial charge in [0.15, 0.2) is 5.82 Å². The predicted octanol–water partition coefficient (Wildman–Crippen LogP) is 2.61. The van der Waals surface area contributed by atoms with E-state index in [2.05, 4.69) is 37.7 Å². The van der Waals surface area contributed by atoms with Gasteiger partial charge in [0.25, 0.3) is 0 Å². The van der Waals surface area contributed by atoms with E-state index in [0.717, 1.165) is 17.7 Å². The molecule has 1 aromatic heterocycles. The molecule has 9 nitrogen and oxygen atoms in total. The molecule has 1 heterocycles. The van der Waals surface area contributed by atoms with E-state index in [4.69, 9.17) is 19.9 Å². The largest absolute Gasteiger partial charge is 0.497 e. The molecule has 33 heavy (non-hydrogen) atoms. The Morgan fingerprint density at radius 3 is 2.09 bits per heavy atom. The zero-order chi connectivity index (χ0) is 23.1. The Hall–Kier alpha value is -3.27. The number of nitrogens with one attached hydrogen (secondary N) is 2. The average molecular weight is 453 g/mol. The van der Waals surface area contributed by atoms with Gasteiger partial charge in [-0.2, -0.15) is 15.0 Å². The molecule has 3 aromatic rings. The first-order chi connectivity index (χ1) is 16.3. The van der Waals surface area contributed by atoms with Gasteiger partial charge in [-0.05, 0) is 24.1 Å². The number of aromatic nitrogens is 3. The third kappa shape index (κ3) is 8.64. The number of nitrogens with zero attached hydrogens (tertiary/aromatic N) is 3. The molecule has 0 atom stereocenters. The van der Waals surface area contributed by atoms with Crippen molar-refractivity contribution in [3.63, 3.8) is 0 Å². The normalized spacial score (nSPS) is 10.7. The number of nitrogens with two attached hydrogens (primary N) is 1. The van der Waals surface area contributed by atoms with E-state index in [1.54, 1.807) is 7.11 Å². The highest BCUT2D eigenvalue weighted by atomic mass is 16.5. The van der Waals surface area contributed by atoms with E-state index in [-0.39, 0.29) is 0 Å². The van der Waals surface area contributed by atoms with Crippen molar-refractivity contribution < 1.29 is 14.2 Å². The quantitative estimate of drug-likeness (QED) is 0.299. The van der Waals surface area contributed by atoms with E-state index < -0.39 is 0 Å². The Kier molecular flexibility index (Phi) is 10.3. The van der Waals surface area contributed by atoms with Crippen molar-refractivity contribution >= 4 is 11.9 Å². The summed E-state index contributed by atoms with van der Waals surface area (Å²) in [6, 6.07) is 17.9. The Labute approximate surface area is 194 Å². The third-order valence-electron chi connectivity index (χ3n) is 4.69. The van der Waals surface area contributed by atoms with Crippen molar-refractivity contribution in [2.45, 2.75) is 6.42 Å². The van der Waals surface area contributed by atoms with E-state index in [0.29, 0.717) is 63.8 Å². The maximum absolute atomic E-state index is 5.55. The molecule has 4 N–H and O–H groups in total. The molecule has 0 amide bonds. The minimum Gasteiger partial charge on any atom is -0.497 e. The average Bonchev–Trinajstić information content (AvgIpc) is 2.86. The van der Waals surface area contributed by atoms with Gasteiger partial charge in [-0.25, -0.2) is 0 Å². The Morgan fingerprint density at radius 1 is 0.758 bits per heavy atom. The van der Waals surface area contributed by atoms with Crippen molar-refractivity contribution in [2.24, 2.45) is 5.73 Å². The maximum atomic E-state index is 5.55. The van der Waals surface area contributed by atoms with Crippen molar-refractivity contribution in [1.82, 2.24) is 15.0 Å². The van der Waals surface area contributed by atoms with Gasteiger partial charge >= 0.3 is 0 Å². The highest BCUT2D eigenvalue weighted by molar-refractivity contribution is 5.57. The smallest absolute Gasteiger partial charge is 0.228 e. The molecule has 0 aliphatic carbocycles. The molecule has 0 saturated heterocycles. The first-order valence-corrected chi connectivity index (χ1v) is 11.1. The zero-order valence-corrected chi connectivity index (χ0v) is 19.0. The van der Waals surface area contributed by atoms with Crippen LogP contribution in [0, 0.1) is 0 Å². The molecule has 0 unspecified atom stereocenters. The lowest BCUT2D eigenvalue weighted by molar-refractivity contribution is 0.0547. The number of anilines is 2. The number of methoxy groups -OCH3 is 1. The van der Waals surface area contributed by atoms with Crippen LogP contribution in [-0.4, -0.2) is 68.1 Å². The first kappa shape index (κ1) is 24.4. The minimum absolute atomic E-state index is 0.499. The van der Waals surface area contributed by atoms with Gasteiger partial charge < -0.3 is 30.6 Å². The minimum atomic E-state index is 0.499. The summed E-state index contributed by atoms with van der Waals surface area (Å²) in [5.74, 6) is 2.48. The second-order valence-corrected chi connectivity index (χ2v) is 7.14. The summed E-state index contributed by atoms with van der Waals surface area (Å²) in [7, 11) is 1.66. The lowest BCUT2D eigenvalue weighted by atomic mass is 10.1. The highest BCUT2D eigenvalue weighted by Crippen LogP contribution is 2.18. The fourth-order valence-corrected chi connectivity index (χ4v) is 3.00. The number of rotatable bonds is 15. The van der Waals surface area contributed by atoms with E-state index >= 15 is 0 Å². The summed E-state index contributed by atoms with van der Waals surface area (Å²) in [4.78, 5) is 13.7. The SMILES string of the molecule is COc1ccc(CCNc2nc(NCCOCCOCCN)nc(-c3ccccc3)n2)cc1. The van der Waals surface area contributed by atoms with Crippen LogP contribution in [-0.2, 0) is 15.9 Å². The molecule has 176 valence electrons. The Bertz CT molecular complexity index is 941. The molecule has 0 aliphatic heterocycles. The summed E-state index contributed by atoms with van der Waals surface area (Å²) in [6.45, 7) is 3.88. The van der Waals surface area contributed by atoms with Crippen LogP contribution in [0.4, 0.5) is 11.9 Å². The Morgan fingerprint density at radius 2 is 1.42 bits per heavy atom. The molecule has 3 rings (SSSR count). The maximum Gasteiger partial charge on any atom is 0.228 e. The third-order valence-corrected chi connectivity index (χ3v) is 4.69. The molecule has 0 saturated carbocycles. The van der Waals surface area contributed by atoms with Crippen LogP contribution in [0.3, 0.4) is 0 Å². The zero-order valence-electron chi connectivity index (χ0n) is 19.0. The topological polar surface area (TPSA) is 116 Å². The summed E-state index contributed by atoms with van der Waals surface area (Å²) in [5.41, 5.74) is 7.51.